The number of halogens is 1. The van der Waals surface area contributed by atoms with E-state index in [1.807, 2.05) is 6.07 Å². The predicted octanol–water partition coefficient (Wildman–Crippen LogP) is 4.88. The molecule has 3 rings (SSSR count). The molecule has 19 heavy (non-hydrogen) atoms. The Labute approximate surface area is 117 Å². The Morgan fingerprint density at radius 1 is 1.37 bits per heavy atom. The van der Waals surface area contributed by atoms with Gasteiger partial charge < -0.3 is 5.32 Å². The number of hydrogen-bond acceptors (Lipinski definition) is 2. The predicted molar refractivity (Wildman–Crippen MR) is 80.2 cm³/mol. The van der Waals surface area contributed by atoms with Crippen LogP contribution in [0.15, 0.2) is 24.3 Å². The third-order valence-corrected chi connectivity index (χ3v) is 5.08. The summed E-state index contributed by atoms with van der Waals surface area (Å²) in [6.07, 6.45) is 5.35. The Morgan fingerprint density at radius 3 is 2.95 bits per heavy atom. The van der Waals surface area contributed by atoms with Gasteiger partial charge in [0.15, 0.2) is 0 Å². The summed E-state index contributed by atoms with van der Waals surface area (Å²) in [7, 11) is 0. The first kappa shape index (κ1) is 13.1. The largest absolute Gasteiger partial charge is 0.310 e. The normalized spacial score (nSPS) is 16.9. The lowest BCUT2D eigenvalue weighted by molar-refractivity contribution is 0.488. The monoisotopic (exact) mass is 277 g/mol. The second-order valence-corrected chi connectivity index (χ2v) is 6.58. The molecule has 1 fully saturated rings. The summed E-state index contributed by atoms with van der Waals surface area (Å²) in [5.41, 5.74) is 0. The van der Waals surface area contributed by atoms with Crippen LogP contribution in [0.25, 0.3) is 10.1 Å². The zero-order valence-electron chi connectivity index (χ0n) is 11.3. The van der Waals surface area contributed by atoms with Crippen LogP contribution in [0.1, 0.15) is 43.5 Å². The van der Waals surface area contributed by atoms with Gasteiger partial charge in [-0.05, 0) is 55.0 Å². The molecule has 1 aliphatic carbocycles. The van der Waals surface area contributed by atoms with Gasteiger partial charge in [-0.15, -0.1) is 11.3 Å². The molecular weight excluding hydrogens is 257 g/mol. The first-order chi connectivity index (χ1) is 9.26. The molecule has 1 aromatic heterocycles. The Bertz CT molecular complexity index is 559. The highest BCUT2D eigenvalue weighted by atomic mass is 32.1. The van der Waals surface area contributed by atoms with Crippen LogP contribution in [0.3, 0.4) is 0 Å². The third-order valence-electron chi connectivity index (χ3n) is 3.85. The molecule has 0 saturated heterocycles. The lowest BCUT2D eigenvalue weighted by Gasteiger charge is -2.15. The van der Waals surface area contributed by atoms with E-state index in [0.717, 1.165) is 17.8 Å². The lowest BCUT2D eigenvalue weighted by Crippen LogP contribution is -2.20. The van der Waals surface area contributed by atoms with Crippen molar-refractivity contribution < 1.29 is 4.39 Å². The van der Waals surface area contributed by atoms with Crippen molar-refractivity contribution in [1.29, 1.82) is 0 Å². The minimum Gasteiger partial charge on any atom is -0.310 e. The molecule has 0 aliphatic heterocycles. The summed E-state index contributed by atoms with van der Waals surface area (Å²) in [5.74, 6) is 0.822. The molecule has 1 heterocycles. The number of rotatable bonds is 6. The van der Waals surface area contributed by atoms with Gasteiger partial charge in [-0.25, -0.2) is 4.39 Å². The molecule has 0 radical (unpaired) electrons. The molecule has 102 valence electrons. The van der Waals surface area contributed by atoms with E-state index in [0.29, 0.717) is 6.04 Å². The maximum atomic E-state index is 13.2. The molecule has 1 atom stereocenters. The van der Waals surface area contributed by atoms with Crippen molar-refractivity contribution in [3.63, 3.8) is 0 Å². The summed E-state index contributed by atoms with van der Waals surface area (Å²) in [6.45, 7) is 3.13. The van der Waals surface area contributed by atoms with E-state index in [-0.39, 0.29) is 5.82 Å². The summed E-state index contributed by atoms with van der Waals surface area (Å²) < 4.78 is 14.4. The molecule has 1 unspecified atom stereocenters. The van der Waals surface area contributed by atoms with Gasteiger partial charge in [0, 0.05) is 15.6 Å². The van der Waals surface area contributed by atoms with Crippen LogP contribution in [-0.4, -0.2) is 6.54 Å². The highest BCUT2D eigenvalue weighted by molar-refractivity contribution is 7.19. The van der Waals surface area contributed by atoms with Gasteiger partial charge in [0.1, 0.15) is 5.82 Å². The molecule has 0 spiro atoms. The Hall–Kier alpha value is -0.930. The number of benzene rings is 1. The SMILES string of the molecule is CCNC(CCC1CC1)c1cc2cc(F)ccc2s1. The van der Waals surface area contributed by atoms with E-state index >= 15 is 0 Å². The van der Waals surface area contributed by atoms with Crippen LogP contribution < -0.4 is 5.32 Å². The van der Waals surface area contributed by atoms with Gasteiger partial charge in [-0.3, -0.25) is 0 Å². The lowest BCUT2D eigenvalue weighted by atomic mass is 10.1. The van der Waals surface area contributed by atoms with Gasteiger partial charge in [0.25, 0.3) is 0 Å². The molecule has 3 heteroatoms. The molecule has 2 aromatic rings. The molecule has 1 aliphatic rings. The van der Waals surface area contributed by atoms with Gasteiger partial charge in [-0.2, -0.15) is 0 Å². The van der Waals surface area contributed by atoms with Crippen LogP contribution in [0.4, 0.5) is 4.39 Å². The number of nitrogens with one attached hydrogen (secondary N) is 1. The average Bonchev–Trinajstić information content (AvgIpc) is 3.12. The number of fused-ring (bicyclic) bond motifs is 1. The maximum Gasteiger partial charge on any atom is 0.123 e. The summed E-state index contributed by atoms with van der Waals surface area (Å²) in [6, 6.07) is 7.67. The Kier molecular flexibility index (Phi) is 3.85. The van der Waals surface area contributed by atoms with E-state index in [1.165, 1.54) is 35.3 Å². The highest BCUT2D eigenvalue weighted by Crippen LogP contribution is 2.38. The van der Waals surface area contributed by atoms with Gasteiger partial charge >= 0.3 is 0 Å². The van der Waals surface area contributed by atoms with E-state index < -0.39 is 0 Å². The van der Waals surface area contributed by atoms with Crippen molar-refractivity contribution in [2.45, 2.75) is 38.6 Å². The van der Waals surface area contributed by atoms with Crippen LogP contribution in [0.2, 0.25) is 0 Å². The zero-order valence-corrected chi connectivity index (χ0v) is 12.1. The van der Waals surface area contributed by atoms with Gasteiger partial charge in [0.05, 0.1) is 0 Å². The first-order valence-electron chi connectivity index (χ1n) is 7.18. The first-order valence-corrected chi connectivity index (χ1v) is 8.00. The number of thiophene rings is 1. The van der Waals surface area contributed by atoms with E-state index in [9.17, 15) is 4.39 Å². The van der Waals surface area contributed by atoms with Crippen LogP contribution >= 0.6 is 11.3 Å². The minimum absolute atomic E-state index is 0.144. The second kappa shape index (κ2) is 5.59. The van der Waals surface area contributed by atoms with E-state index in [2.05, 4.69) is 18.3 Å². The summed E-state index contributed by atoms with van der Waals surface area (Å²) in [5, 5.41) is 4.61. The minimum atomic E-state index is -0.144. The Balaban J connectivity index is 1.81. The average molecular weight is 277 g/mol. The molecular formula is C16H20FNS. The van der Waals surface area contributed by atoms with Gasteiger partial charge in [0.2, 0.25) is 0 Å². The molecule has 1 nitrogen and oxygen atoms in total. The molecule has 0 bridgehead atoms. The highest BCUT2D eigenvalue weighted by Gasteiger charge is 2.23. The van der Waals surface area contributed by atoms with Crippen molar-refractivity contribution in [3.8, 4) is 0 Å². The van der Waals surface area contributed by atoms with Crippen molar-refractivity contribution in [2.75, 3.05) is 6.54 Å². The fourth-order valence-electron chi connectivity index (χ4n) is 2.61. The quantitative estimate of drug-likeness (QED) is 0.793. The third kappa shape index (κ3) is 3.15. The van der Waals surface area contributed by atoms with Gasteiger partial charge in [-0.1, -0.05) is 19.8 Å². The standard InChI is InChI=1S/C16H20FNS/c1-2-18-14(7-5-11-3-4-11)16-10-12-9-13(17)6-8-15(12)19-16/h6,8-11,14,18H,2-5,7H2,1H3. The van der Waals surface area contributed by atoms with Crippen LogP contribution in [0, 0.1) is 11.7 Å². The van der Waals surface area contributed by atoms with Crippen molar-refractivity contribution in [1.82, 2.24) is 5.32 Å². The fraction of sp³-hybridized carbons (Fsp3) is 0.500. The fourth-order valence-corrected chi connectivity index (χ4v) is 3.76. The number of hydrogen-bond donors (Lipinski definition) is 1. The molecule has 1 saturated carbocycles. The van der Waals surface area contributed by atoms with Crippen LogP contribution in [-0.2, 0) is 0 Å². The molecule has 1 N–H and O–H groups in total. The van der Waals surface area contributed by atoms with E-state index in [4.69, 9.17) is 0 Å². The Morgan fingerprint density at radius 2 is 2.21 bits per heavy atom. The van der Waals surface area contributed by atoms with Crippen molar-refractivity contribution in [3.05, 3.63) is 35.0 Å². The summed E-state index contributed by atoms with van der Waals surface area (Å²) in [4.78, 5) is 1.35. The maximum absolute atomic E-state index is 13.2. The smallest absolute Gasteiger partial charge is 0.123 e. The topological polar surface area (TPSA) is 12.0 Å². The van der Waals surface area contributed by atoms with Crippen molar-refractivity contribution >= 4 is 21.4 Å². The summed E-state index contributed by atoms with van der Waals surface area (Å²) >= 11 is 1.80. The molecule has 1 aromatic carbocycles. The molecule has 0 amide bonds. The second-order valence-electron chi connectivity index (χ2n) is 5.46. The zero-order chi connectivity index (χ0) is 13.2. The van der Waals surface area contributed by atoms with Crippen molar-refractivity contribution in [2.24, 2.45) is 5.92 Å². The van der Waals surface area contributed by atoms with Crippen LogP contribution in [0.5, 0.6) is 0 Å². The van der Waals surface area contributed by atoms with E-state index in [1.54, 1.807) is 23.5 Å².